The van der Waals surface area contributed by atoms with Crippen molar-refractivity contribution in [1.82, 2.24) is 5.32 Å². The van der Waals surface area contributed by atoms with Crippen LogP contribution in [0.1, 0.15) is 20.8 Å². The molecular formula is C15H24N2O2. The standard InChI is InChI=1S/C15H24N2O2/c1-15(2,3)19-12-14(18)16-10-11-17(4)13-8-6-5-7-9-13/h5-9H,10-12H2,1-4H3,(H,16,18). The summed E-state index contributed by atoms with van der Waals surface area (Å²) >= 11 is 0. The van der Waals surface area contributed by atoms with Crippen molar-refractivity contribution in [3.05, 3.63) is 30.3 Å². The second-order valence-corrected chi connectivity index (χ2v) is 5.51. The van der Waals surface area contributed by atoms with Gasteiger partial charge in [0.1, 0.15) is 6.61 Å². The highest BCUT2D eigenvalue weighted by Gasteiger charge is 2.12. The third kappa shape index (κ3) is 6.82. The number of carbonyl (C=O) groups is 1. The van der Waals surface area contributed by atoms with Gasteiger partial charge in [0.15, 0.2) is 0 Å². The molecule has 0 fully saturated rings. The van der Waals surface area contributed by atoms with E-state index in [0.717, 1.165) is 12.2 Å². The Morgan fingerprint density at radius 2 is 1.89 bits per heavy atom. The summed E-state index contributed by atoms with van der Waals surface area (Å²) in [6, 6.07) is 10.1. The number of nitrogens with zero attached hydrogens (tertiary/aromatic N) is 1. The van der Waals surface area contributed by atoms with E-state index in [9.17, 15) is 4.79 Å². The summed E-state index contributed by atoms with van der Waals surface area (Å²) in [6.45, 7) is 7.29. The molecule has 0 aliphatic rings. The van der Waals surface area contributed by atoms with Crippen molar-refractivity contribution in [2.75, 3.05) is 31.6 Å². The molecule has 1 N–H and O–H groups in total. The maximum Gasteiger partial charge on any atom is 0.246 e. The average molecular weight is 264 g/mol. The number of amides is 1. The number of carbonyl (C=O) groups excluding carboxylic acids is 1. The van der Waals surface area contributed by atoms with Gasteiger partial charge in [0.2, 0.25) is 5.91 Å². The fourth-order valence-corrected chi connectivity index (χ4v) is 1.51. The normalized spacial score (nSPS) is 11.2. The largest absolute Gasteiger partial charge is 0.373 e. The quantitative estimate of drug-likeness (QED) is 0.855. The minimum absolute atomic E-state index is 0.0728. The van der Waals surface area contributed by atoms with Crippen LogP contribution in [0.2, 0.25) is 0 Å². The molecule has 1 amide bonds. The fourth-order valence-electron chi connectivity index (χ4n) is 1.51. The summed E-state index contributed by atoms with van der Waals surface area (Å²) in [5.41, 5.74) is 0.862. The van der Waals surface area contributed by atoms with Gasteiger partial charge in [-0.15, -0.1) is 0 Å². The van der Waals surface area contributed by atoms with Crippen LogP contribution in [-0.4, -0.2) is 38.3 Å². The predicted molar refractivity (Wildman–Crippen MR) is 78.4 cm³/mol. The monoisotopic (exact) mass is 264 g/mol. The van der Waals surface area contributed by atoms with Crippen LogP contribution >= 0.6 is 0 Å². The molecular weight excluding hydrogens is 240 g/mol. The van der Waals surface area contributed by atoms with Crippen LogP contribution in [0.5, 0.6) is 0 Å². The molecule has 4 nitrogen and oxygen atoms in total. The van der Waals surface area contributed by atoms with E-state index in [-0.39, 0.29) is 18.1 Å². The first-order valence-electron chi connectivity index (χ1n) is 6.55. The maximum atomic E-state index is 11.6. The Morgan fingerprint density at radius 1 is 1.26 bits per heavy atom. The van der Waals surface area contributed by atoms with Gasteiger partial charge in [-0.25, -0.2) is 0 Å². The SMILES string of the molecule is CN(CCNC(=O)COC(C)(C)C)c1ccccc1. The number of nitrogens with one attached hydrogen (secondary N) is 1. The highest BCUT2D eigenvalue weighted by Crippen LogP contribution is 2.09. The van der Waals surface area contributed by atoms with Gasteiger partial charge in [-0.1, -0.05) is 18.2 Å². The topological polar surface area (TPSA) is 41.6 Å². The molecule has 4 heteroatoms. The van der Waals surface area contributed by atoms with Gasteiger partial charge in [0, 0.05) is 25.8 Å². The van der Waals surface area contributed by atoms with E-state index < -0.39 is 0 Å². The summed E-state index contributed by atoms with van der Waals surface area (Å²) in [4.78, 5) is 13.7. The van der Waals surface area contributed by atoms with Crippen LogP contribution in [0.15, 0.2) is 30.3 Å². The summed E-state index contributed by atoms with van der Waals surface area (Å²) in [5, 5.41) is 2.85. The number of para-hydroxylation sites is 1. The minimum Gasteiger partial charge on any atom is -0.373 e. The zero-order valence-electron chi connectivity index (χ0n) is 12.3. The maximum absolute atomic E-state index is 11.6. The van der Waals surface area contributed by atoms with E-state index in [1.54, 1.807) is 0 Å². The molecule has 0 aliphatic carbocycles. The van der Waals surface area contributed by atoms with Crippen molar-refractivity contribution in [3.8, 4) is 0 Å². The Bertz CT molecular complexity index is 385. The van der Waals surface area contributed by atoms with Gasteiger partial charge in [-0.05, 0) is 32.9 Å². The van der Waals surface area contributed by atoms with E-state index in [1.165, 1.54) is 0 Å². The van der Waals surface area contributed by atoms with Crippen LogP contribution in [0, 0.1) is 0 Å². The molecule has 0 unspecified atom stereocenters. The molecule has 0 bridgehead atoms. The molecule has 0 saturated carbocycles. The number of benzene rings is 1. The zero-order valence-corrected chi connectivity index (χ0v) is 12.3. The summed E-state index contributed by atoms with van der Waals surface area (Å²) in [5.74, 6) is -0.0728. The van der Waals surface area contributed by atoms with Crippen molar-refractivity contribution in [3.63, 3.8) is 0 Å². The molecule has 0 atom stereocenters. The lowest BCUT2D eigenvalue weighted by Gasteiger charge is -2.21. The van der Waals surface area contributed by atoms with Gasteiger partial charge in [0.05, 0.1) is 5.60 Å². The Kier molecular flexibility index (Phi) is 5.83. The van der Waals surface area contributed by atoms with E-state index in [1.807, 2.05) is 58.2 Å². The predicted octanol–water partition coefficient (Wildman–Crippen LogP) is 2.05. The van der Waals surface area contributed by atoms with Crippen molar-refractivity contribution < 1.29 is 9.53 Å². The number of anilines is 1. The lowest BCUT2D eigenvalue weighted by molar-refractivity contribution is -0.130. The van der Waals surface area contributed by atoms with Gasteiger partial charge < -0.3 is 15.0 Å². The van der Waals surface area contributed by atoms with Crippen LogP contribution in [0.25, 0.3) is 0 Å². The molecule has 1 aromatic carbocycles. The third-order valence-electron chi connectivity index (χ3n) is 2.60. The summed E-state index contributed by atoms with van der Waals surface area (Å²) in [7, 11) is 2.01. The van der Waals surface area contributed by atoms with E-state index in [4.69, 9.17) is 4.74 Å². The van der Waals surface area contributed by atoms with Crippen LogP contribution in [0.3, 0.4) is 0 Å². The lowest BCUT2D eigenvalue weighted by atomic mass is 10.2. The molecule has 0 radical (unpaired) electrons. The van der Waals surface area contributed by atoms with Crippen molar-refractivity contribution in [2.24, 2.45) is 0 Å². The molecule has 0 aliphatic heterocycles. The zero-order chi connectivity index (χ0) is 14.3. The Hall–Kier alpha value is -1.55. The molecule has 1 aromatic rings. The summed E-state index contributed by atoms with van der Waals surface area (Å²) in [6.07, 6.45) is 0. The van der Waals surface area contributed by atoms with Gasteiger partial charge in [0.25, 0.3) is 0 Å². The second-order valence-electron chi connectivity index (χ2n) is 5.51. The highest BCUT2D eigenvalue weighted by molar-refractivity contribution is 5.77. The number of rotatable bonds is 6. The van der Waals surface area contributed by atoms with Gasteiger partial charge in [-0.2, -0.15) is 0 Å². The van der Waals surface area contributed by atoms with Gasteiger partial charge >= 0.3 is 0 Å². The van der Waals surface area contributed by atoms with Gasteiger partial charge in [-0.3, -0.25) is 4.79 Å². The van der Waals surface area contributed by atoms with Crippen LogP contribution in [0.4, 0.5) is 5.69 Å². The highest BCUT2D eigenvalue weighted by atomic mass is 16.5. The fraction of sp³-hybridized carbons (Fsp3) is 0.533. The smallest absolute Gasteiger partial charge is 0.246 e. The Labute approximate surface area is 115 Å². The second kappa shape index (κ2) is 7.14. The third-order valence-corrected chi connectivity index (χ3v) is 2.60. The molecule has 19 heavy (non-hydrogen) atoms. The first-order chi connectivity index (χ1) is 8.88. The van der Waals surface area contributed by atoms with Crippen LogP contribution < -0.4 is 10.2 Å². The number of hydrogen-bond acceptors (Lipinski definition) is 3. The molecule has 0 heterocycles. The average Bonchev–Trinajstić information content (AvgIpc) is 2.36. The van der Waals surface area contributed by atoms with Crippen molar-refractivity contribution >= 4 is 11.6 Å². The van der Waals surface area contributed by atoms with E-state index >= 15 is 0 Å². The summed E-state index contributed by atoms with van der Waals surface area (Å²) < 4.78 is 5.41. The van der Waals surface area contributed by atoms with E-state index in [2.05, 4.69) is 10.2 Å². The lowest BCUT2D eigenvalue weighted by Crippen LogP contribution is -2.36. The number of hydrogen-bond donors (Lipinski definition) is 1. The molecule has 0 spiro atoms. The molecule has 106 valence electrons. The molecule has 1 rings (SSSR count). The van der Waals surface area contributed by atoms with Crippen LogP contribution in [-0.2, 0) is 9.53 Å². The Balaban J connectivity index is 2.22. The first-order valence-corrected chi connectivity index (χ1v) is 6.55. The number of ether oxygens (including phenoxy) is 1. The number of likely N-dealkylation sites (N-methyl/N-ethyl adjacent to an activating group) is 1. The molecule has 0 saturated heterocycles. The van der Waals surface area contributed by atoms with E-state index in [0.29, 0.717) is 6.54 Å². The van der Waals surface area contributed by atoms with Crippen molar-refractivity contribution in [2.45, 2.75) is 26.4 Å². The molecule has 0 aromatic heterocycles. The Morgan fingerprint density at radius 3 is 2.47 bits per heavy atom. The first kappa shape index (κ1) is 15.5. The van der Waals surface area contributed by atoms with Crippen molar-refractivity contribution in [1.29, 1.82) is 0 Å². The minimum atomic E-state index is -0.280.